The normalized spacial score (nSPS) is 17.0. The van der Waals surface area contributed by atoms with E-state index in [0.29, 0.717) is 6.54 Å². The highest BCUT2D eigenvalue weighted by atomic mass is 32.2. The fraction of sp³-hybridized carbons (Fsp3) is 0.429. The van der Waals surface area contributed by atoms with E-state index in [1.165, 1.54) is 12.0 Å². The topological polar surface area (TPSA) is 55.4 Å². The van der Waals surface area contributed by atoms with Gasteiger partial charge in [0, 0.05) is 12.0 Å². The zero-order chi connectivity index (χ0) is 18.5. The van der Waals surface area contributed by atoms with E-state index >= 15 is 0 Å². The predicted molar refractivity (Wildman–Crippen MR) is 105 cm³/mol. The summed E-state index contributed by atoms with van der Waals surface area (Å²) in [6, 6.07) is 17.4. The molecule has 1 N–H and O–H groups in total. The van der Waals surface area contributed by atoms with Crippen LogP contribution in [0, 0.1) is 0 Å². The van der Waals surface area contributed by atoms with Gasteiger partial charge in [-0.3, -0.25) is 0 Å². The SMILES string of the molecule is COc1ccc(C2(CNS(=O)(=O)Cc3ccccc3)CCCCC2)cc1. The first kappa shape index (κ1) is 18.9. The minimum atomic E-state index is -3.37. The zero-order valence-corrected chi connectivity index (χ0v) is 16.1. The van der Waals surface area contributed by atoms with Crippen LogP contribution in [0.3, 0.4) is 0 Å². The van der Waals surface area contributed by atoms with Crippen LogP contribution in [-0.2, 0) is 21.2 Å². The van der Waals surface area contributed by atoms with Crippen molar-refractivity contribution in [2.45, 2.75) is 43.3 Å². The lowest BCUT2D eigenvalue weighted by Crippen LogP contribution is -2.42. The summed E-state index contributed by atoms with van der Waals surface area (Å²) in [6.45, 7) is 0.453. The summed E-state index contributed by atoms with van der Waals surface area (Å²) in [7, 11) is -1.71. The van der Waals surface area contributed by atoms with Crippen LogP contribution in [0.15, 0.2) is 54.6 Å². The number of rotatable bonds is 7. The molecule has 3 rings (SSSR count). The van der Waals surface area contributed by atoms with Gasteiger partial charge in [-0.2, -0.15) is 0 Å². The van der Waals surface area contributed by atoms with Crippen LogP contribution < -0.4 is 9.46 Å². The molecule has 0 saturated heterocycles. The van der Waals surface area contributed by atoms with Gasteiger partial charge < -0.3 is 4.74 Å². The van der Waals surface area contributed by atoms with Crippen molar-refractivity contribution in [2.75, 3.05) is 13.7 Å². The van der Waals surface area contributed by atoms with E-state index in [2.05, 4.69) is 16.9 Å². The minimum absolute atomic E-state index is 0.0204. The Labute approximate surface area is 156 Å². The molecule has 1 aliphatic rings. The van der Waals surface area contributed by atoms with Crippen molar-refractivity contribution < 1.29 is 13.2 Å². The smallest absolute Gasteiger partial charge is 0.215 e. The van der Waals surface area contributed by atoms with Crippen LogP contribution in [0.5, 0.6) is 5.75 Å². The second-order valence-corrected chi connectivity index (χ2v) is 8.94. The van der Waals surface area contributed by atoms with Crippen LogP contribution in [0.25, 0.3) is 0 Å². The lowest BCUT2D eigenvalue weighted by atomic mass is 9.69. The van der Waals surface area contributed by atoms with Crippen molar-refractivity contribution in [2.24, 2.45) is 0 Å². The Morgan fingerprint density at radius 2 is 1.62 bits per heavy atom. The molecule has 1 fully saturated rings. The van der Waals surface area contributed by atoms with Crippen LogP contribution >= 0.6 is 0 Å². The van der Waals surface area contributed by atoms with E-state index in [1.807, 2.05) is 42.5 Å². The van der Waals surface area contributed by atoms with Crippen LogP contribution in [-0.4, -0.2) is 22.1 Å². The summed E-state index contributed by atoms with van der Waals surface area (Å²) in [6.07, 6.45) is 5.49. The maximum absolute atomic E-state index is 12.6. The summed E-state index contributed by atoms with van der Waals surface area (Å²) < 4.78 is 33.3. The number of benzene rings is 2. The number of sulfonamides is 1. The van der Waals surface area contributed by atoms with E-state index < -0.39 is 10.0 Å². The highest BCUT2D eigenvalue weighted by Gasteiger charge is 2.35. The molecule has 2 aromatic carbocycles. The lowest BCUT2D eigenvalue weighted by Gasteiger charge is -2.38. The number of nitrogens with one attached hydrogen (secondary N) is 1. The molecular weight excluding hydrogens is 346 g/mol. The summed E-state index contributed by atoms with van der Waals surface area (Å²) in [4.78, 5) is 0. The van der Waals surface area contributed by atoms with Gasteiger partial charge in [0.05, 0.1) is 12.9 Å². The maximum atomic E-state index is 12.6. The Morgan fingerprint density at radius 3 is 2.23 bits per heavy atom. The van der Waals surface area contributed by atoms with Crippen molar-refractivity contribution >= 4 is 10.0 Å². The fourth-order valence-electron chi connectivity index (χ4n) is 3.83. The van der Waals surface area contributed by atoms with Crippen molar-refractivity contribution in [3.8, 4) is 5.75 Å². The van der Waals surface area contributed by atoms with E-state index in [-0.39, 0.29) is 11.2 Å². The first-order chi connectivity index (χ1) is 12.5. The van der Waals surface area contributed by atoms with E-state index in [1.54, 1.807) is 7.11 Å². The molecule has 5 heteroatoms. The van der Waals surface area contributed by atoms with Gasteiger partial charge in [-0.1, -0.05) is 61.7 Å². The highest BCUT2D eigenvalue weighted by Crippen LogP contribution is 2.39. The maximum Gasteiger partial charge on any atom is 0.215 e. The summed E-state index contributed by atoms with van der Waals surface area (Å²) >= 11 is 0. The molecular formula is C21H27NO3S. The number of methoxy groups -OCH3 is 1. The lowest BCUT2D eigenvalue weighted by molar-refractivity contribution is 0.292. The van der Waals surface area contributed by atoms with Gasteiger partial charge >= 0.3 is 0 Å². The van der Waals surface area contributed by atoms with Crippen molar-refractivity contribution in [3.63, 3.8) is 0 Å². The average Bonchev–Trinajstić information content (AvgIpc) is 2.68. The molecule has 0 bridgehead atoms. The van der Waals surface area contributed by atoms with Gasteiger partial charge in [0.1, 0.15) is 5.75 Å². The molecule has 0 aromatic heterocycles. The summed E-state index contributed by atoms with van der Waals surface area (Å²) in [5, 5.41) is 0. The molecule has 2 aromatic rings. The van der Waals surface area contributed by atoms with Crippen molar-refractivity contribution in [1.29, 1.82) is 0 Å². The third-order valence-electron chi connectivity index (χ3n) is 5.34. The molecule has 26 heavy (non-hydrogen) atoms. The minimum Gasteiger partial charge on any atom is -0.497 e. The quantitative estimate of drug-likeness (QED) is 0.798. The van der Waals surface area contributed by atoms with E-state index in [9.17, 15) is 8.42 Å². The monoisotopic (exact) mass is 373 g/mol. The van der Waals surface area contributed by atoms with Gasteiger partial charge in [0.25, 0.3) is 0 Å². The van der Waals surface area contributed by atoms with Crippen LogP contribution in [0.1, 0.15) is 43.2 Å². The van der Waals surface area contributed by atoms with Crippen LogP contribution in [0.4, 0.5) is 0 Å². The first-order valence-corrected chi connectivity index (χ1v) is 10.8. The van der Waals surface area contributed by atoms with Crippen molar-refractivity contribution in [3.05, 3.63) is 65.7 Å². The fourth-order valence-corrected chi connectivity index (χ4v) is 5.06. The Bertz CT molecular complexity index is 795. The molecule has 0 unspecified atom stereocenters. The second kappa shape index (κ2) is 8.23. The van der Waals surface area contributed by atoms with E-state index in [0.717, 1.165) is 37.0 Å². The van der Waals surface area contributed by atoms with Gasteiger partial charge in [-0.05, 0) is 36.1 Å². The predicted octanol–water partition coefficient (Wildman–Crippen LogP) is 4.02. The molecule has 0 aliphatic heterocycles. The average molecular weight is 374 g/mol. The van der Waals surface area contributed by atoms with Crippen LogP contribution in [0.2, 0.25) is 0 Å². The summed E-state index contributed by atoms with van der Waals surface area (Å²) in [5.41, 5.74) is 1.87. The third kappa shape index (κ3) is 4.65. The van der Waals surface area contributed by atoms with E-state index in [4.69, 9.17) is 4.74 Å². The van der Waals surface area contributed by atoms with Gasteiger partial charge in [-0.15, -0.1) is 0 Å². The number of hydrogen-bond donors (Lipinski definition) is 1. The summed E-state index contributed by atoms with van der Waals surface area (Å²) in [5.74, 6) is 0.844. The highest BCUT2D eigenvalue weighted by molar-refractivity contribution is 7.88. The third-order valence-corrected chi connectivity index (χ3v) is 6.64. The standard InChI is InChI=1S/C21H27NO3S/c1-25-20-12-10-19(11-13-20)21(14-6-3-7-15-21)17-22-26(23,24)16-18-8-4-2-5-9-18/h2,4-5,8-13,22H,3,6-7,14-17H2,1H3. The molecule has 140 valence electrons. The molecule has 0 heterocycles. The zero-order valence-electron chi connectivity index (χ0n) is 15.3. The molecule has 1 saturated carbocycles. The largest absolute Gasteiger partial charge is 0.497 e. The Hall–Kier alpha value is -1.85. The molecule has 0 radical (unpaired) electrons. The Balaban J connectivity index is 1.75. The Kier molecular flexibility index (Phi) is 5.99. The van der Waals surface area contributed by atoms with Crippen molar-refractivity contribution in [1.82, 2.24) is 4.72 Å². The van der Waals surface area contributed by atoms with Gasteiger partial charge in [0.2, 0.25) is 10.0 Å². The molecule has 0 spiro atoms. The molecule has 0 amide bonds. The second-order valence-electron chi connectivity index (χ2n) is 7.14. The number of ether oxygens (including phenoxy) is 1. The molecule has 0 atom stereocenters. The van der Waals surface area contributed by atoms with Gasteiger partial charge in [-0.25, -0.2) is 13.1 Å². The number of hydrogen-bond acceptors (Lipinski definition) is 3. The Morgan fingerprint density at radius 1 is 0.962 bits per heavy atom. The van der Waals surface area contributed by atoms with Gasteiger partial charge in [0.15, 0.2) is 0 Å². The molecule has 4 nitrogen and oxygen atoms in total. The molecule has 1 aliphatic carbocycles. The first-order valence-electron chi connectivity index (χ1n) is 9.19.